The minimum absolute atomic E-state index is 0.224. The molecule has 0 unspecified atom stereocenters. The van der Waals surface area contributed by atoms with Crippen LogP contribution in [0.1, 0.15) is 78.6 Å². The Hall–Kier alpha value is -1.57. The van der Waals surface area contributed by atoms with Gasteiger partial charge in [0.2, 0.25) is 5.91 Å². The molecule has 0 radical (unpaired) electrons. The van der Waals surface area contributed by atoms with Crippen molar-refractivity contribution in [3.63, 3.8) is 0 Å². The minimum Gasteiger partial charge on any atom is -0.369 e. The third kappa shape index (κ3) is 14.0. The SMILES string of the molecule is CCCCC/C=C\C/C=C\C/C=C\C/C=C\CCC(C)(C)C(N)=O. The number of rotatable bonds is 14. The fourth-order valence-corrected chi connectivity index (χ4v) is 2.13. The molecule has 0 aromatic carbocycles. The van der Waals surface area contributed by atoms with E-state index in [2.05, 4.69) is 55.5 Å². The molecule has 0 aliphatic carbocycles. The second-order valence-corrected chi connectivity index (χ2v) is 6.88. The second-order valence-electron chi connectivity index (χ2n) is 6.88. The first kappa shape index (κ1) is 22.4. The zero-order chi connectivity index (χ0) is 18.1. The molecule has 2 heteroatoms. The molecule has 0 spiro atoms. The van der Waals surface area contributed by atoms with Crippen molar-refractivity contribution < 1.29 is 4.79 Å². The topological polar surface area (TPSA) is 43.1 Å². The minimum atomic E-state index is -0.407. The molecular weight excluding hydrogens is 294 g/mol. The van der Waals surface area contributed by atoms with Crippen LogP contribution in [0, 0.1) is 5.41 Å². The highest BCUT2D eigenvalue weighted by atomic mass is 16.1. The van der Waals surface area contributed by atoms with Gasteiger partial charge < -0.3 is 5.73 Å². The number of hydrogen-bond donors (Lipinski definition) is 1. The summed E-state index contributed by atoms with van der Waals surface area (Å²) in [5, 5.41) is 0. The van der Waals surface area contributed by atoms with E-state index in [0.29, 0.717) is 0 Å². The van der Waals surface area contributed by atoms with Crippen LogP contribution < -0.4 is 5.73 Å². The molecule has 0 bridgehead atoms. The van der Waals surface area contributed by atoms with Gasteiger partial charge in [-0.2, -0.15) is 0 Å². The first-order valence-electron chi connectivity index (χ1n) is 9.40. The largest absolute Gasteiger partial charge is 0.369 e. The molecule has 1 amide bonds. The lowest BCUT2D eigenvalue weighted by Crippen LogP contribution is -2.31. The predicted molar refractivity (Wildman–Crippen MR) is 107 cm³/mol. The van der Waals surface area contributed by atoms with E-state index in [0.717, 1.165) is 32.1 Å². The molecule has 0 saturated carbocycles. The maximum atomic E-state index is 11.2. The number of primary amides is 1. The molecule has 136 valence electrons. The summed E-state index contributed by atoms with van der Waals surface area (Å²) < 4.78 is 0. The Kier molecular flexibility index (Phi) is 14.0. The van der Waals surface area contributed by atoms with E-state index in [4.69, 9.17) is 5.73 Å². The molecule has 0 aliphatic rings. The van der Waals surface area contributed by atoms with Crippen LogP contribution in [0.2, 0.25) is 0 Å². The van der Waals surface area contributed by atoms with Gasteiger partial charge >= 0.3 is 0 Å². The van der Waals surface area contributed by atoms with E-state index in [1.807, 2.05) is 13.8 Å². The first-order chi connectivity index (χ1) is 11.5. The molecule has 24 heavy (non-hydrogen) atoms. The third-order valence-electron chi connectivity index (χ3n) is 4.06. The Morgan fingerprint density at radius 2 is 1.25 bits per heavy atom. The van der Waals surface area contributed by atoms with Gasteiger partial charge in [-0.15, -0.1) is 0 Å². The van der Waals surface area contributed by atoms with Gasteiger partial charge in [-0.05, 0) is 44.9 Å². The summed E-state index contributed by atoms with van der Waals surface area (Å²) in [7, 11) is 0. The zero-order valence-corrected chi connectivity index (χ0v) is 16.0. The maximum absolute atomic E-state index is 11.2. The van der Waals surface area contributed by atoms with E-state index >= 15 is 0 Å². The monoisotopic (exact) mass is 331 g/mol. The van der Waals surface area contributed by atoms with Crippen LogP contribution in [0.25, 0.3) is 0 Å². The summed E-state index contributed by atoms with van der Waals surface area (Å²) in [5.41, 5.74) is 4.94. The maximum Gasteiger partial charge on any atom is 0.223 e. The van der Waals surface area contributed by atoms with Crippen molar-refractivity contribution in [2.24, 2.45) is 11.1 Å². The van der Waals surface area contributed by atoms with E-state index < -0.39 is 5.41 Å². The van der Waals surface area contributed by atoms with Crippen molar-refractivity contribution in [2.45, 2.75) is 78.6 Å². The average molecular weight is 332 g/mol. The van der Waals surface area contributed by atoms with Gasteiger partial charge in [-0.3, -0.25) is 4.79 Å². The van der Waals surface area contributed by atoms with Gasteiger partial charge in [0, 0.05) is 5.41 Å². The van der Waals surface area contributed by atoms with Crippen LogP contribution in [-0.2, 0) is 4.79 Å². The summed E-state index contributed by atoms with van der Waals surface area (Å²) in [4.78, 5) is 11.2. The van der Waals surface area contributed by atoms with E-state index in [1.54, 1.807) is 0 Å². The normalized spacial score (nSPS) is 13.1. The summed E-state index contributed by atoms with van der Waals surface area (Å²) >= 11 is 0. The first-order valence-corrected chi connectivity index (χ1v) is 9.40. The summed E-state index contributed by atoms with van der Waals surface area (Å²) in [6.07, 6.45) is 27.5. The van der Waals surface area contributed by atoms with Crippen molar-refractivity contribution >= 4 is 5.91 Å². The Morgan fingerprint density at radius 1 is 0.792 bits per heavy atom. The lowest BCUT2D eigenvalue weighted by molar-refractivity contribution is -0.126. The van der Waals surface area contributed by atoms with Gasteiger partial charge in [0.15, 0.2) is 0 Å². The molecule has 0 atom stereocenters. The average Bonchev–Trinajstić information content (AvgIpc) is 2.54. The Balaban J connectivity index is 3.60. The van der Waals surface area contributed by atoms with Crippen molar-refractivity contribution in [3.8, 4) is 0 Å². The lowest BCUT2D eigenvalue weighted by Gasteiger charge is -2.18. The molecule has 0 aromatic rings. The molecule has 2 N–H and O–H groups in total. The summed E-state index contributed by atoms with van der Waals surface area (Å²) in [5.74, 6) is -0.224. The molecule has 0 aromatic heterocycles. The number of amides is 1. The highest BCUT2D eigenvalue weighted by Crippen LogP contribution is 2.21. The number of nitrogens with two attached hydrogens (primary N) is 1. The fourth-order valence-electron chi connectivity index (χ4n) is 2.13. The Bertz CT molecular complexity index is 427. The predicted octanol–water partition coefficient (Wildman–Crippen LogP) is 6.25. The highest BCUT2D eigenvalue weighted by molar-refractivity contribution is 5.79. The molecule has 0 rings (SSSR count). The second kappa shape index (κ2) is 15.0. The van der Waals surface area contributed by atoms with Crippen molar-refractivity contribution in [1.29, 1.82) is 0 Å². The van der Waals surface area contributed by atoms with Gasteiger partial charge in [0.05, 0.1) is 0 Å². The molecule has 0 fully saturated rings. The lowest BCUT2D eigenvalue weighted by atomic mass is 9.87. The zero-order valence-electron chi connectivity index (χ0n) is 16.0. The van der Waals surface area contributed by atoms with Crippen LogP contribution in [0.3, 0.4) is 0 Å². The molecule has 0 heterocycles. The molecule has 0 aliphatic heterocycles. The highest BCUT2D eigenvalue weighted by Gasteiger charge is 2.23. The van der Waals surface area contributed by atoms with Crippen molar-refractivity contribution in [1.82, 2.24) is 0 Å². The number of hydrogen-bond acceptors (Lipinski definition) is 1. The quantitative estimate of drug-likeness (QED) is 0.296. The smallest absolute Gasteiger partial charge is 0.223 e. The number of allylic oxidation sites excluding steroid dienone is 8. The van der Waals surface area contributed by atoms with Crippen LogP contribution in [0.5, 0.6) is 0 Å². The number of unbranched alkanes of at least 4 members (excludes halogenated alkanes) is 3. The molecular formula is C22H37NO. The molecule has 2 nitrogen and oxygen atoms in total. The van der Waals surface area contributed by atoms with E-state index in [-0.39, 0.29) is 5.91 Å². The van der Waals surface area contributed by atoms with Crippen LogP contribution in [0.15, 0.2) is 48.6 Å². The van der Waals surface area contributed by atoms with Crippen LogP contribution in [0.4, 0.5) is 0 Å². The summed E-state index contributed by atoms with van der Waals surface area (Å²) in [6.45, 7) is 6.03. The number of carbonyl (C=O) groups excluding carboxylic acids is 1. The molecule has 0 saturated heterocycles. The summed E-state index contributed by atoms with van der Waals surface area (Å²) in [6, 6.07) is 0. The third-order valence-corrected chi connectivity index (χ3v) is 4.06. The van der Waals surface area contributed by atoms with Gasteiger partial charge in [0.25, 0.3) is 0 Å². The van der Waals surface area contributed by atoms with Gasteiger partial charge in [0.1, 0.15) is 0 Å². The van der Waals surface area contributed by atoms with Crippen LogP contribution in [-0.4, -0.2) is 5.91 Å². The van der Waals surface area contributed by atoms with Crippen LogP contribution >= 0.6 is 0 Å². The van der Waals surface area contributed by atoms with Crippen molar-refractivity contribution in [2.75, 3.05) is 0 Å². The van der Waals surface area contributed by atoms with E-state index in [1.165, 1.54) is 25.7 Å². The Labute approximate surface area is 149 Å². The standard InChI is InChI=1S/C22H37NO/c1-4-5-6-7-8-9-10-11-12-13-14-15-16-17-18-19-20-22(2,3)21(23)24/h8-9,11-12,14-15,17-18H,4-7,10,13,16,19-20H2,1-3H3,(H2,23,24)/b9-8-,12-11-,15-14-,18-17-. The number of carbonyl (C=O) groups is 1. The fraction of sp³-hybridized carbons (Fsp3) is 0.591. The Morgan fingerprint density at radius 3 is 1.71 bits per heavy atom. The van der Waals surface area contributed by atoms with Gasteiger partial charge in [-0.1, -0.05) is 82.2 Å². The van der Waals surface area contributed by atoms with Crippen molar-refractivity contribution in [3.05, 3.63) is 48.6 Å². The van der Waals surface area contributed by atoms with E-state index in [9.17, 15) is 4.79 Å². The van der Waals surface area contributed by atoms with Gasteiger partial charge in [-0.25, -0.2) is 0 Å².